The second-order valence-electron chi connectivity index (χ2n) is 1.99. The molecule has 0 aromatic heterocycles. The van der Waals surface area contributed by atoms with Crippen molar-refractivity contribution in [2.24, 2.45) is 5.16 Å². The maximum Gasteiger partial charge on any atom is 0.0479 e. The first-order valence-electron chi connectivity index (χ1n) is 3.13. The Morgan fingerprint density at radius 3 is 2.45 bits per heavy atom. The third kappa shape index (κ3) is 4.19. The van der Waals surface area contributed by atoms with Crippen molar-refractivity contribution in [2.75, 3.05) is 0 Å². The average Bonchev–Trinajstić information content (AvgIpc) is 2.03. The van der Waals surface area contributed by atoms with Crippen molar-refractivity contribution in [3.63, 3.8) is 0 Å². The molecule has 1 N–H and O–H groups in total. The molecule has 0 spiro atoms. The Balaban J connectivity index is 0.000001000. The molecule has 0 saturated heterocycles. The summed E-state index contributed by atoms with van der Waals surface area (Å²) in [4.78, 5) is 0. The van der Waals surface area contributed by atoms with E-state index in [9.17, 15) is 0 Å². The monoisotopic (exact) mass is 158 g/mol. The zero-order chi connectivity index (χ0) is 7.23. The minimum atomic E-state index is 0. The minimum absolute atomic E-state index is 0. The van der Waals surface area contributed by atoms with Gasteiger partial charge in [-0.15, -0.1) is 5.16 Å². The molecular weight excluding hydrogens is 149 g/mol. The molecule has 1 aromatic carbocycles. The zero-order valence-electron chi connectivity index (χ0n) is 6.57. The van der Waals surface area contributed by atoms with Gasteiger partial charge in [-0.3, -0.25) is 0 Å². The Kier molecular flexibility index (Phi) is 6.22. The molecule has 0 amide bonds. The molecule has 2 nitrogen and oxygen atoms in total. The van der Waals surface area contributed by atoms with E-state index in [0.717, 1.165) is 5.56 Å². The van der Waals surface area contributed by atoms with Crippen LogP contribution in [0.15, 0.2) is 35.5 Å². The van der Waals surface area contributed by atoms with E-state index in [0.29, 0.717) is 6.42 Å². The average molecular weight is 158 g/mol. The fourth-order valence-electron chi connectivity index (χ4n) is 0.760. The van der Waals surface area contributed by atoms with Gasteiger partial charge in [-0.1, -0.05) is 30.3 Å². The van der Waals surface area contributed by atoms with E-state index < -0.39 is 0 Å². The Bertz CT molecular complexity index is 211. The fourth-order valence-corrected chi connectivity index (χ4v) is 0.760. The number of oxime groups is 1. The normalized spacial score (nSPS) is 9.45. The molecule has 0 aliphatic rings. The first-order valence-corrected chi connectivity index (χ1v) is 3.13. The third-order valence-corrected chi connectivity index (χ3v) is 1.25. The van der Waals surface area contributed by atoms with Gasteiger partial charge in [0.25, 0.3) is 0 Å². The van der Waals surface area contributed by atoms with Crippen molar-refractivity contribution >= 4 is 35.8 Å². The summed E-state index contributed by atoms with van der Waals surface area (Å²) < 4.78 is 0. The van der Waals surface area contributed by atoms with E-state index in [-0.39, 0.29) is 29.6 Å². The SMILES string of the molecule is ON=CCc1ccccc1.[Na]. The third-order valence-electron chi connectivity index (χ3n) is 1.25. The maximum absolute atomic E-state index is 8.10. The van der Waals surface area contributed by atoms with Crippen LogP contribution in [-0.2, 0) is 6.42 Å². The maximum atomic E-state index is 8.10. The first-order chi connectivity index (χ1) is 4.93. The molecule has 1 radical (unpaired) electrons. The molecule has 0 atom stereocenters. The van der Waals surface area contributed by atoms with E-state index in [1.807, 2.05) is 30.3 Å². The number of nitrogens with zero attached hydrogens (tertiary/aromatic N) is 1. The van der Waals surface area contributed by atoms with Crippen LogP contribution in [0.2, 0.25) is 0 Å². The fraction of sp³-hybridized carbons (Fsp3) is 0.125. The second kappa shape index (κ2) is 6.40. The van der Waals surface area contributed by atoms with Crippen molar-refractivity contribution in [1.29, 1.82) is 0 Å². The van der Waals surface area contributed by atoms with Gasteiger partial charge in [0.1, 0.15) is 0 Å². The minimum Gasteiger partial charge on any atom is -0.411 e. The predicted molar refractivity (Wildman–Crippen MR) is 46.2 cm³/mol. The van der Waals surface area contributed by atoms with Gasteiger partial charge in [0.2, 0.25) is 0 Å². The van der Waals surface area contributed by atoms with Crippen LogP contribution in [0, 0.1) is 0 Å². The number of rotatable bonds is 2. The van der Waals surface area contributed by atoms with Crippen LogP contribution in [0.1, 0.15) is 5.56 Å². The van der Waals surface area contributed by atoms with Crippen molar-refractivity contribution in [1.82, 2.24) is 0 Å². The van der Waals surface area contributed by atoms with Crippen LogP contribution in [0.5, 0.6) is 0 Å². The van der Waals surface area contributed by atoms with Crippen molar-refractivity contribution < 1.29 is 5.21 Å². The molecule has 11 heavy (non-hydrogen) atoms. The summed E-state index contributed by atoms with van der Waals surface area (Å²) in [5.74, 6) is 0. The Morgan fingerprint density at radius 1 is 1.27 bits per heavy atom. The molecule has 0 aliphatic heterocycles. The van der Waals surface area contributed by atoms with Gasteiger partial charge >= 0.3 is 0 Å². The van der Waals surface area contributed by atoms with Crippen molar-refractivity contribution in [3.8, 4) is 0 Å². The molecule has 0 unspecified atom stereocenters. The first kappa shape index (κ1) is 10.7. The van der Waals surface area contributed by atoms with Crippen molar-refractivity contribution in [3.05, 3.63) is 35.9 Å². The Hall–Kier alpha value is -0.310. The molecule has 1 aromatic rings. The van der Waals surface area contributed by atoms with Crippen molar-refractivity contribution in [2.45, 2.75) is 6.42 Å². The quantitative estimate of drug-likeness (QED) is 0.299. The summed E-state index contributed by atoms with van der Waals surface area (Å²) in [6, 6.07) is 9.85. The predicted octanol–water partition coefficient (Wildman–Crippen LogP) is 1.31. The summed E-state index contributed by atoms with van der Waals surface area (Å²) in [6.07, 6.45) is 2.16. The van der Waals surface area contributed by atoms with Crippen LogP contribution in [0.3, 0.4) is 0 Å². The topological polar surface area (TPSA) is 32.6 Å². The van der Waals surface area contributed by atoms with Gasteiger partial charge in [0, 0.05) is 42.2 Å². The molecule has 3 heteroatoms. The van der Waals surface area contributed by atoms with Crippen LogP contribution < -0.4 is 0 Å². The van der Waals surface area contributed by atoms with E-state index in [1.54, 1.807) is 0 Å². The number of hydrogen-bond donors (Lipinski definition) is 1. The Labute approximate surface area is 88.2 Å². The standard InChI is InChI=1S/C8H9NO.Na/c10-9-7-6-8-4-2-1-3-5-8;/h1-5,7,10H,6H2;. The van der Waals surface area contributed by atoms with Crippen LogP contribution in [0.4, 0.5) is 0 Å². The van der Waals surface area contributed by atoms with E-state index in [1.165, 1.54) is 6.21 Å². The summed E-state index contributed by atoms with van der Waals surface area (Å²) in [6.45, 7) is 0. The summed E-state index contributed by atoms with van der Waals surface area (Å²) >= 11 is 0. The van der Waals surface area contributed by atoms with Gasteiger partial charge in [-0.25, -0.2) is 0 Å². The molecular formula is C8H9NNaO. The number of benzene rings is 1. The summed E-state index contributed by atoms with van der Waals surface area (Å²) in [7, 11) is 0. The van der Waals surface area contributed by atoms with Crippen LogP contribution >= 0.6 is 0 Å². The molecule has 0 fully saturated rings. The summed E-state index contributed by atoms with van der Waals surface area (Å²) in [5, 5.41) is 11.0. The molecule has 0 bridgehead atoms. The van der Waals surface area contributed by atoms with Gasteiger partial charge in [-0.05, 0) is 5.56 Å². The van der Waals surface area contributed by atoms with E-state index in [4.69, 9.17) is 5.21 Å². The van der Waals surface area contributed by atoms with Gasteiger partial charge in [-0.2, -0.15) is 0 Å². The van der Waals surface area contributed by atoms with Crippen LogP contribution in [-0.4, -0.2) is 41.0 Å². The molecule has 53 valence electrons. The largest absolute Gasteiger partial charge is 0.411 e. The molecule has 0 aliphatic carbocycles. The van der Waals surface area contributed by atoms with E-state index >= 15 is 0 Å². The summed E-state index contributed by atoms with van der Waals surface area (Å²) in [5.41, 5.74) is 1.15. The van der Waals surface area contributed by atoms with Gasteiger partial charge in [0.05, 0.1) is 0 Å². The molecule has 0 heterocycles. The van der Waals surface area contributed by atoms with E-state index in [2.05, 4.69) is 5.16 Å². The molecule has 1 rings (SSSR count). The Morgan fingerprint density at radius 2 is 1.91 bits per heavy atom. The van der Waals surface area contributed by atoms with Gasteiger partial charge in [0.15, 0.2) is 0 Å². The smallest absolute Gasteiger partial charge is 0.0479 e. The zero-order valence-corrected chi connectivity index (χ0v) is 8.57. The number of hydrogen-bond acceptors (Lipinski definition) is 2. The van der Waals surface area contributed by atoms with Gasteiger partial charge < -0.3 is 5.21 Å². The van der Waals surface area contributed by atoms with Crippen LogP contribution in [0.25, 0.3) is 0 Å². The molecule has 0 saturated carbocycles. The second-order valence-corrected chi connectivity index (χ2v) is 1.99.